The van der Waals surface area contributed by atoms with Crippen molar-refractivity contribution in [3.05, 3.63) is 23.8 Å². The van der Waals surface area contributed by atoms with Crippen LogP contribution in [0.2, 0.25) is 0 Å². The minimum absolute atomic E-state index is 0.0376. The molecule has 2 atom stereocenters. The van der Waals surface area contributed by atoms with E-state index in [-0.39, 0.29) is 30.2 Å². The van der Waals surface area contributed by atoms with E-state index in [1.54, 1.807) is 12.1 Å². The summed E-state index contributed by atoms with van der Waals surface area (Å²) in [5.74, 6) is 0.193. The number of hydrogen-bond donors (Lipinski definition) is 2. The van der Waals surface area contributed by atoms with Gasteiger partial charge in [0.2, 0.25) is 0 Å². The van der Waals surface area contributed by atoms with E-state index >= 15 is 0 Å². The topological polar surface area (TPSA) is 50.7 Å². The molecule has 4 nitrogen and oxygen atoms in total. The van der Waals surface area contributed by atoms with Crippen LogP contribution in [0.5, 0.6) is 11.5 Å². The smallest absolute Gasteiger partial charge is 0.387 e. The van der Waals surface area contributed by atoms with Gasteiger partial charge in [0.1, 0.15) is 0 Å². The molecular formula is C14H21F2NO3. The van der Waals surface area contributed by atoms with Crippen LogP contribution in [0, 0.1) is 0 Å². The van der Waals surface area contributed by atoms with Gasteiger partial charge in [0.05, 0.1) is 19.8 Å². The first-order valence-corrected chi connectivity index (χ1v) is 6.51. The molecule has 0 aromatic heterocycles. The summed E-state index contributed by atoms with van der Waals surface area (Å²) >= 11 is 0. The van der Waals surface area contributed by atoms with E-state index in [0.717, 1.165) is 6.42 Å². The van der Waals surface area contributed by atoms with Crippen LogP contribution in [0.4, 0.5) is 8.78 Å². The summed E-state index contributed by atoms with van der Waals surface area (Å²) in [5.41, 5.74) is 0.671. The second-order valence-electron chi connectivity index (χ2n) is 4.50. The molecule has 114 valence electrons. The second-order valence-corrected chi connectivity index (χ2v) is 4.50. The zero-order chi connectivity index (χ0) is 15.1. The average Bonchev–Trinajstić information content (AvgIpc) is 2.43. The van der Waals surface area contributed by atoms with E-state index in [1.165, 1.54) is 13.2 Å². The van der Waals surface area contributed by atoms with Crippen LogP contribution in [0.15, 0.2) is 18.2 Å². The maximum atomic E-state index is 12.4. The molecule has 2 N–H and O–H groups in total. The van der Waals surface area contributed by atoms with Crippen molar-refractivity contribution in [1.82, 2.24) is 5.32 Å². The summed E-state index contributed by atoms with van der Waals surface area (Å²) in [5, 5.41) is 12.7. The van der Waals surface area contributed by atoms with Gasteiger partial charge in [-0.2, -0.15) is 8.78 Å². The second kappa shape index (κ2) is 8.01. The molecule has 0 aliphatic heterocycles. The molecule has 0 saturated heterocycles. The summed E-state index contributed by atoms with van der Waals surface area (Å²) in [6, 6.07) is 4.59. The number of halogens is 2. The monoisotopic (exact) mass is 289 g/mol. The molecule has 0 bridgehead atoms. The van der Waals surface area contributed by atoms with Gasteiger partial charge in [0, 0.05) is 6.04 Å². The Morgan fingerprint density at radius 3 is 2.50 bits per heavy atom. The fourth-order valence-corrected chi connectivity index (χ4v) is 1.81. The first kappa shape index (κ1) is 16.7. The Morgan fingerprint density at radius 2 is 2.00 bits per heavy atom. The van der Waals surface area contributed by atoms with Gasteiger partial charge in [0.15, 0.2) is 11.5 Å². The van der Waals surface area contributed by atoms with Crippen molar-refractivity contribution in [2.24, 2.45) is 0 Å². The van der Waals surface area contributed by atoms with E-state index in [2.05, 4.69) is 10.1 Å². The van der Waals surface area contributed by atoms with Crippen molar-refractivity contribution in [2.45, 2.75) is 39.0 Å². The summed E-state index contributed by atoms with van der Waals surface area (Å²) in [6.45, 7) is 0.952. The van der Waals surface area contributed by atoms with E-state index < -0.39 is 6.61 Å². The summed E-state index contributed by atoms with van der Waals surface area (Å²) in [4.78, 5) is 0. The van der Waals surface area contributed by atoms with E-state index in [1.807, 2.05) is 13.8 Å². The Kier molecular flexibility index (Phi) is 6.67. The Labute approximate surface area is 117 Å². The highest BCUT2D eigenvalue weighted by atomic mass is 19.3. The van der Waals surface area contributed by atoms with Crippen molar-refractivity contribution in [3.8, 4) is 11.5 Å². The maximum absolute atomic E-state index is 12.4. The highest BCUT2D eigenvalue weighted by molar-refractivity contribution is 5.44. The molecule has 6 heteroatoms. The summed E-state index contributed by atoms with van der Waals surface area (Å²) in [6.07, 6.45) is 0.896. The van der Waals surface area contributed by atoms with Gasteiger partial charge in [-0.1, -0.05) is 13.0 Å². The number of methoxy groups -OCH3 is 1. The number of hydrogen-bond acceptors (Lipinski definition) is 4. The lowest BCUT2D eigenvalue weighted by atomic mass is 10.1. The van der Waals surface area contributed by atoms with Crippen molar-refractivity contribution in [2.75, 3.05) is 13.7 Å². The van der Waals surface area contributed by atoms with Crippen LogP contribution in [-0.2, 0) is 0 Å². The van der Waals surface area contributed by atoms with Crippen molar-refractivity contribution in [3.63, 3.8) is 0 Å². The van der Waals surface area contributed by atoms with Gasteiger partial charge in [-0.3, -0.25) is 0 Å². The van der Waals surface area contributed by atoms with Gasteiger partial charge >= 0.3 is 6.61 Å². The average molecular weight is 289 g/mol. The molecular weight excluding hydrogens is 268 g/mol. The first-order chi connectivity index (χ1) is 9.51. The molecule has 0 saturated carbocycles. The normalized spacial score (nSPS) is 14.2. The van der Waals surface area contributed by atoms with Gasteiger partial charge < -0.3 is 19.9 Å². The number of ether oxygens (including phenoxy) is 2. The van der Waals surface area contributed by atoms with Crippen LogP contribution in [0.25, 0.3) is 0 Å². The molecule has 0 fully saturated rings. The van der Waals surface area contributed by atoms with Crippen molar-refractivity contribution in [1.29, 1.82) is 0 Å². The van der Waals surface area contributed by atoms with Crippen LogP contribution < -0.4 is 14.8 Å². The fourth-order valence-electron chi connectivity index (χ4n) is 1.81. The zero-order valence-electron chi connectivity index (χ0n) is 11.9. The Balaban J connectivity index is 2.98. The molecule has 0 spiro atoms. The van der Waals surface area contributed by atoms with E-state index in [4.69, 9.17) is 4.74 Å². The fraction of sp³-hybridized carbons (Fsp3) is 0.571. The largest absolute Gasteiger partial charge is 0.493 e. The minimum Gasteiger partial charge on any atom is -0.493 e. The molecule has 0 heterocycles. The Morgan fingerprint density at radius 1 is 1.30 bits per heavy atom. The highest BCUT2D eigenvalue weighted by Gasteiger charge is 2.17. The SMILES string of the molecule is CCC(C)NC(CO)c1ccc(OC)c(OC(F)F)c1. The number of aliphatic hydroxyl groups excluding tert-OH is 1. The molecule has 2 unspecified atom stereocenters. The number of aliphatic hydroxyl groups is 1. The molecule has 1 aromatic carbocycles. The maximum Gasteiger partial charge on any atom is 0.387 e. The third kappa shape index (κ3) is 4.61. The van der Waals surface area contributed by atoms with Gasteiger partial charge in [-0.25, -0.2) is 0 Å². The van der Waals surface area contributed by atoms with Crippen LogP contribution in [0.1, 0.15) is 31.9 Å². The first-order valence-electron chi connectivity index (χ1n) is 6.51. The molecule has 0 radical (unpaired) electrons. The molecule has 0 aliphatic carbocycles. The summed E-state index contributed by atoms with van der Waals surface area (Å²) in [7, 11) is 1.38. The van der Waals surface area contributed by atoms with Gasteiger partial charge in [-0.05, 0) is 31.0 Å². The molecule has 1 rings (SSSR count). The zero-order valence-corrected chi connectivity index (χ0v) is 11.9. The molecule has 1 aromatic rings. The number of benzene rings is 1. The van der Waals surface area contributed by atoms with Gasteiger partial charge in [-0.15, -0.1) is 0 Å². The highest BCUT2D eigenvalue weighted by Crippen LogP contribution is 2.31. The van der Waals surface area contributed by atoms with Crippen molar-refractivity contribution < 1.29 is 23.4 Å². The Bertz CT molecular complexity index is 415. The van der Waals surface area contributed by atoms with Crippen molar-refractivity contribution >= 4 is 0 Å². The molecule has 20 heavy (non-hydrogen) atoms. The molecule has 0 aliphatic rings. The van der Waals surface area contributed by atoms with E-state index in [0.29, 0.717) is 5.56 Å². The lowest BCUT2D eigenvalue weighted by Gasteiger charge is -2.22. The van der Waals surface area contributed by atoms with Crippen LogP contribution in [0.3, 0.4) is 0 Å². The van der Waals surface area contributed by atoms with Crippen LogP contribution >= 0.6 is 0 Å². The lowest BCUT2D eigenvalue weighted by molar-refractivity contribution is -0.0512. The lowest BCUT2D eigenvalue weighted by Crippen LogP contribution is -2.32. The van der Waals surface area contributed by atoms with Gasteiger partial charge in [0.25, 0.3) is 0 Å². The standard InChI is InChI=1S/C14H21F2NO3/c1-4-9(2)17-11(8-18)10-5-6-12(19-3)13(7-10)20-14(15)16/h5-7,9,11,14,17-18H,4,8H2,1-3H3. The Hall–Kier alpha value is -1.40. The number of rotatable bonds is 8. The number of alkyl halides is 2. The molecule has 0 amide bonds. The quantitative estimate of drug-likeness (QED) is 0.772. The predicted octanol–water partition coefficient (Wildman–Crippen LogP) is 2.72. The minimum atomic E-state index is -2.92. The summed E-state index contributed by atoms with van der Waals surface area (Å²) < 4.78 is 34.2. The third-order valence-electron chi connectivity index (χ3n) is 3.09. The van der Waals surface area contributed by atoms with Crippen LogP contribution in [-0.4, -0.2) is 31.5 Å². The predicted molar refractivity (Wildman–Crippen MR) is 72.3 cm³/mol. The third-order valence-corrected chi connectivity index (χ3v) is 3.09. The van der Waals surface area contributed by atoms with E-state index in [9.17, 15) is 13.9 Å². The number of nitrogens with one attached hydrogen (secondary N) is 1.